The molecule has 658 valence electrons. The smallest absolute Gasteiger partial charge is 0.187 e. The molecule has 14 bridgehead atoms. The second kappa shape index (κ2) is 52.6. The first kappa shape index (κ1) is 98.5. The highest BCUT2D eigenvalue weighted by atomic mass is 32.2. The fraction of sp³-hybridized carbons (Fsp3) is 1.00. The molecule has 0 aliphatic carbocycles. The van der Waals surface area contributed by atoms with Crippen LogP contribution in [0.15, 0.2) is 0 Å². The summed E-state index contributed by atoms with van der Waals surface area (Å²) >= 11 is 9.77. The first-order chi connectivity index (χ1) is 54.2. The van der Waals surface area contributed by atoms with E-state index in [4.69, 9.17) is 106 Å². The molecule has 21 saturated heterocycles. The second-order valence-electron chi connectivity index (χ2n) is 29.4. The Hall–Kier alpha value is 1.05. The van der Waals surface area contributed by atoms with Crippen LogP contribution in [-0.2, 0) is 66.3 Å². The standard InChI is InChI=1S/C70H133N7O28S7/c71-15-1-8-22-106-29-36-57-43(78)50(85)64(92-36)100-58-37(30-107-23-9-2-16-72)94-66(52(87)45(58)80)102-60-39(32-109-25-11-4-18-74)96-68(54(89)47(60)82)104-62-41(34-111-27-13-6-20-76)98-70(56(91)49(62)84)105-63-42(35-112-28-14-7-21-77)97-69(55(90)48(63)83)103-61-40(33-110-26-12-5-19-75)95-67(53(88)46(61)81)101-59-38(31-108-24-10-3-17-73)93-65(99-57)51(86)44(59)79/h36-70,78-91H,1-35,71-77H2/t36-,37-,38-,39-,40+,41+,42+,43+,44+,45+,46-,47-,48-,49-,50+,51-,52+,53-,54-,55-,56-,57-,58-,59-,60-,61-,62-,63-,64+,65+,66+,67+,68+,69+,70+/m1/s1. The zero-order valence-electron chi connectivity index (χ0n) is 63.8. The maximum atomic E-state index is 12.4. The van der Waals surface area contributed by atoms with Crippen LogP contribution in [0.4, 0.5) is 0 Å². The molecule has 21 aliphatic heterocycles. The van der Waals surface area contributed by atoms with Crippen molar-refractivity contribution in [3.63, 3.8) is 0 Å². The fourth-order valence-corrected chi connectivity index (χ4v) is 21.7. The third-order valence-corrected chi connectivity index (χ3v) is 28.7. The lowest BCUT2D eigenvalue weighted by Crippen LogP contribution is -2.68. The van der Waals surface area contributed by atoms with Crippen molar-refractivity contribution in [2.45, 2.75) is 305 Å². The summed E-state index contributed by atoms with van der Waals surface area (Å²) in [7, 11) is 0. The molecule has 0 aromatic rings. The van der Waals surface area contributed by atoms with Crippen molar-refractivity contribution in [2.75, 3.05) is 126 Å². The molecule has 21 heterocycles. The Morgan fingerprint density at radius 2 is 0.277 bits per heavy atom. The first-order valence-electron chi connectivity index (χ1n) is 39.8. The molecule has 0 radical (unpaired) electrons. The number of nitrogens with two attached hydrogens (primary N) is 7. The van der Waals surface area contributed by atoms with Gasteiger partial charge in [-0.25, -0.2) is 0 Å². The molecule has 21 aliphatic rings. The van der Waals surface area contributed by atoms with Crippen LogP contribution in [0.1, 0.15) is 89.9 Å². The Labute approximate surface area is 687 Å². The predicted molar refractivity (Wildman–Crippen MR) is 428 cm³/mol. The number of aliphatic hydroxyl groups excluding tert-OH is 14. The summed E-state index contributed by atoms with van der Waals surface area (Å²) in [4.78, 5) is 0. The summed E-state index contributed by atoms with van der Waals surface area (Å²) in [5, 5.41) is 173. The number of hydrogen-bond donors (Lipinski definition) is 21. The molecule has 21 rings (SSSR count). The highest BCUT2D eigenvalue weighted by molar-refractivity contribution is 8.00. The van der Waals surface area contributed by atoms with E-state index in [1.165, 1.54) is 82.3 Å². The molecule has 21 fully saturated rings. The van der Waals surface area contributed by atoms with Crippen molar-refractivity contribution in [3.8, 4) is 0 Å². The molecule has 28 N–H and O–H groups in total. The summed E-state index contributed by atoms with van der Waals surface area (Å²) < 4.78 is 91.7. The predicted octanol–water partition coefficient (Wildman–Crippen LogP) is -4.87. The van der Waals surface area contributed by atoms with Crippen molar-refractivity contribution in [1.29, 1.82) is 0 Å². The van der Waals surface area contributed by atoms with E-state index >= 15 is 0 Å². The van der Waals surface area contributed by atoms with Crippen molar-refractivity contribution in [1.82, 2.24) is 0 Å². The molecule has 0 aromatic carbocycles. The third kappa shape index (κ3) is 28.3. The van der Waals surface area contributed by atoms with Gasteiger partial charge in [0.05, 0.1) is 42.7 Å². The van der Waals surface area contributed by atoms with E-state index in [0.29, 0.717) is 176 Å². The Kier molecular flexibility index (Phi) is 46.3. The van der Waals surface area contributed by atoms with Crippen LogP contribution in [-0.4, -0.2) is 413 Å². The molecule has 0 unspecified atom stereocenters. The van der Waals surface area contributed by atoms with Crippen molar-refractivity contribution in [2.24, 2.45) is 40.1 Å². The summed E-state index contributed by atoms with van der Waals surface area (Å²) in [5.41, 5.74) is 41.0. The molecule has 35 nitrogen and oxygen atoms in total. The molecule has 0 amide bonds. The number of hydrogen-bond acceptors (Lipinski definition) is 42. The first-order valence-corrected chi connectivity index (χ1v) is 47.9. The van der Waals surface area contributed by atoms with E-state index < -0.39 is 215 Å². The highest BCUT2D eigenvalue weighted by Crippen LogP contribution is 2.42. The minimum absolute atomic E-state index is 0.0643. The molecule has 35 atom stereocenters. The van der Waals surface area contributed by atoms with Gasteiger partial charge in [0.25, 0.3) is 0 Å². The minimum atomic E-state index is -1.99. The molecule has 42 heteroatoms. The van der Waals surface area contributed by atoms with Crippen LogP contribution >= 0.6 is 82.3 Å². The number of rotatable bonds is 42. The van der Waals surface area contributed by atoms with Gasteiger partial charge in [-0.15, -0.1) is 0 Å². The summed E-state index contributed by atoms with van der Waals surface area (Å²) in [6.45, 7) is 2.94. The van der Waals surface area contributed by atoms with E-state index in [9.17, 15) is 71.5 Å². The SMILES string of the molecule is NCCCCSC[C@@H]1O[C@H]2O[C@H]3[C@H](O)[C@@H](O)[C@H](O[C@H]4[C@@H](O)[C@@H](O)[C@H](O[C@H]5[C@@H](O)[C@H](O)[C@H](O[C@H]6[C@@H](O)[C@H](O)[C@H](O[C@H]7[C@H](O)[C@@H](O)[C@H](O[C@H]8[C@H](O)[C@@H](O)[C@H](O[C@H]1[C@H](O)[C@H]2O)O[C@H]8CSCCCCN)O[C@@H]7CSCCCCN)O[C@@H]6CSCCCCN)O[C@@H]5CSCCCCN)O[C@@H]4CSCCCCN)O[C@H]3CSCCCCN. The fourth-order valence-electron chi connectivity index (χ4n) is 14.2. The van der Waals surface area contributed by atoms with Gasteiger partial charge in [-0.1, -0.05) is 0 Å². The second-order valence-corrected chi connectivity index (χ2v) is 37.4. The lowest BCUT2D eigenvalue weighted by atomic mass is 9.95. The van der Waals surface area contributed by atoms with Crippen LogP contribution < -0.4 is 40.1 Å². The van der Waals surface area contributed by atoms with Gasteiger partial charge in [0.2, 0.25) is 0 Å². The van der Waals surface area contributed by atoms with Gasteiger partial charge in [0.1, 0.15) is 128 Å². The van der Waals surface area contributed by atoms with Crippen LogP contribution in [0.3, 0.4) is 0 Å². The van der Waals surface area contributed by atoms with Crippen molar-refractivity contribution >= 4 is 82.3 Å². The van der Waals surface area contributed by atoms with Crippen LogP contribution in [0, 0.1) is 0 Å². The summed E-state index contributed by atoms with van der Waals surface area (Å²) in [6, 6.07) is 0. The highest BCUT2D eigenvalue weighted by Gasteiger charge is 2.60. The largest absolute Gasteiger partial charge is 0.387 e. The van der Waals surface area contributed by atoms with Crippen LogP contribution in [0.25, 0.3) is 0 Å². The van der Waals surface area contributed by atoms with E-state index in [0.717, 1.165) is 0 Å². The van der Waals surface area contributed by atoms with E-state index in [-0.39, 0.29) is 40.3 Å². The van der Waals surface area contributed by atoms with Gasteiger partial charge in [0.15, 0.2) is 44.0 Å². The number of thioether (sulfide) groups is 7. The summed E-state index contributed by atoms with van der Waals surface area (Å²) in [5.74, 6) is 4.33. The molecule has 0 spiro atoms. The molecule has 0 aromatic heterocycles. The topological polar surface area (TPSA) is 595 Å². The van der Waals surface area contributed by atoms with Gasteiger partial charge in [-0.05, 0) is 176 Å². The van der Waals surface area contributed by atoms with Gasteiger partial charge < -0.3 is 178 Å². The quantitative estimate of drug-likeness (QED) is 0.0255. The van der Waals surface area contributed by atoms with Crippen LogP contribution in [0.2, 0.25) is 0 Å². The van der Waals surface area contributed by atoms with Crippen LogP contribution in [0.5, 0.6) is 0 Å². The molecule has 0 saturated carbocycles. The Morgan fingerprint density at radius 1 is 0.161 bits per heavy atom. The number of ether oxygens (including phenoxy) is 14. The van der Waals surface area contributed by atoms with Crippen molar-refractivity contribution in [3.05, 3.63) is 0 Å². The lowest BCUT2D eigenvalue weighted by Gasteiger charge is -2.50. The van der Waals surface area contributed by atoms with Gasteiger partial charge >= 0.3 is 0 Å². The zero-order chi connectivity index (χ0) is 80.8. The molecular weight excluding hydrogens is 1610 g/mol. The Bertz CT molecular complexity index is 2070. The normalized spacial score (nSPS) is 41.8. The average molecular weight is 1750 g/mol. The van der Waals surface area contributed by atoms with E-state index in [1.807, 2.05) is 0 Å². The average Bonchev–Trinajstić information content (AvgIpc) is 0.778. The summed E-state index contributed by atoms with van der Waals surface area (Å²) in [6.07, 6.45) is -49.4. The zero-order valence-corrected chi connectivity index (χ0v) is 69.5. The number of unbranched alkanes of at least 4 members (excludes halogenated alkanes) is 7. The Balaban J connectivity index is 1.20. The van der Waals surface area contributed by atoms with Gasteiger partial charge in [-0.3, -0.25) is 0 Å². The molecular formula is C70H133N7O28S7. The van der Waals surface area contributed by atoms with Gasteiger partial charge in [-0.2, -0.15) is 82.3 Å². The monoisotopic (exact) mass is 1740 g/mol. The maximum absolute atomic E-state index is 12.4. The van der Waals surface area contributed by atoms with E-state index in [2.05, 4.69) is 0 Å². The lowest BCUT2D eigenvalue weighted by molar-refractivity contribution is -0.389. The number of aliphatic hydroxyl groups is 14. The maximum Gasteiger partial charge on any atom is 0.187 e. The van der Waals surface area contributed by atoms with E-state index in [1.54, 1.807) is 0 Å². The Morgan fingerprint density at radius 3 is 0.384 bits per heavy atom. The van der Waals surface area contributed by atoms with Crippen molar-refractivity contribution < 1.29 is 138 Å². The van der Waals surface area contributed by atoms with Gasteiger partial charge in [0, 0.05) is 40.3 Å². The third-order valence-electron chi connectivity index (χ3n) is 20.7. The minimum Gasteiger partial charge on any atom is -0.387 e. The molecule has 112 heavy (non-hydrogen) atoms.